The summed E-state index contributed by atoms with van der Waals surface area (Å²) in [7, 11) is 0. The van der Waals surface area contributed by atoms with Gasteiger partial charge in [-0.1, -0.05) is 17.7 Å². The largest absolute Gasteiger partial charge is 0.486 e. The number of fused-ring (bicyclic) bond motifs is 1. The number of halogens is 1. The summed E-state index contributed by atoms with van der Waals surface area (Å²) in [4.78, 5) is 12.4. The second-order valence-electron chi connectivity index (χ2n) is 6.52. The van der Waals surface area contributed by atoms with Crippen LogP contribution in [0.15, 0.2) is 36.4 Å². The van der Waals surface area contributed by atoms with Crippen LogP contribution in [-0.2, 0) is 5.54 Å². The van der Waals surface area contributed by atoms with Crippen molar-refractivity contribution in [3.63, 3.8) is 0 Å². The van der Waals surface area contributed by atoms with Crippen molar-refractivity contribution in [1.82, 2.24) is 5.32 Å². The molecule has 0 saturated heterocycles. The Morgan fingerprint density at radius 2 is 1.80 bits per heavy atom. The van der Waals surface area contributed by atoms with E-state index in [-0.39, 0.29) is 6.03 Å². The van der Waals surface area contributed by atoms with Gasteiger partial charge >= 0.3 is 6.03 Å². The maximum Gasteiger partial charge on any atom is 0.319 e. The third-order valence-corrected chi connectivity index (χ3v) is 4.36. The molecule has 0 radical (unpaired) electrons. The molecule has 1 heterocycles. The van der Waals surface area contributed by atoms with Crippen molar-refractivity contribution in [3.05, 3.63) is 52.5 Å². The fourth-order valence-corrected chi connectivity index (χ4v) is 2.94. The Kier molecular flexibility index (Phi) is 4.77. The summed E-state index contributed by atoms with van der Waals surface area (Å²) in [6.07, 6.45) is 0. The van der Waals surface area contributed by atoms with Gasteiger partial charge in [-0.15, -0.1) is 0 Å². The van der Waals surface area contributed by atoms with Crippen molar-refractivity contribution >= 4 is 23.3 Å². The van der Waals surface area contributed by atoms with Crippen molar-refractivity contribution in [2.75, 3.05) is 18.5 Å². The van der Waals surface area contributed by atoms with Gasteiger partial charge < -0.3 is 20.1 Å². The van der Waals surface area contributed by atoms with E-state index in [1.807, 2.05) is 45.0 Å². The fourth-order valence-electron chi connectivity index (χ4n) is 2.71. The van der Waals surface area contributed by atoms with Gasteiger partial charge in [-0.2, -0.15) is 0 Å². The van der Waals surface area contributed by atoms with Crippen LogP contribution in [-0.4, -0.2) is 19.2 Å². The summed E-state index contributed by atoms with van der Waals surface area (Å²) in [5, 5.41) is 6.49. The number of urea groups is 1. The number of amides is 2. The van der Waals surface area contributed by atoms with Crippen molar-refractivity contribution in [2.24, 2.45) is 0 Å². The lowest BCUT2D eigenvalue weighted by molar-refractivity contribution is 0.171. The molecular weight excluding hydrogens is 340 g/mol. The highest BCUT2D eigenvalue weighted by Crippen LogP contribution is 2.34. The minimum absolute atomic E-state index is 0.287. The number of anilines is 1. The Hall–Kier alpha value is -2.40. The van der Waals surface area contributed by atoms with Gasteiger partial charge in [-0.3, -0.25) is 0 Å². The average molecular weight is 361 g/mol. The Bertz CT molecular complexity index is 805. The number of ether oxygens (including phenoxy) is 2. The minimum Gasteiger partial charge on any atom is -0.486 e. The van der Waals surface area contributed by atoms with Crippen LogP contribution in [0.3, 0.4) is 0 Å². The smallest absolute Gasteiger partial charge is 0.319 e. The van der Waals surface area contributed by atoms with Gasteiger partial charge in [0, 0.05) is 10.7 Å². The first-order chi connectivity index (χ1) is 11.8. The Labute approximate surface area is 152 Å². The van der Waals surface area contributed by atoms with Crippen LogP contribution < -0.4 is 20.1 Å². The van der Waals surface area contributed by atoms with Gasteiger partial charge in [0.15, 0.2) is 11.5 Å². The molecule has 0 aliphatic carbocycles. The van der Waals surface area contributed by atoms with E-state index in [1.54, 1.807) is 12.1 Å². The number of benzene rings is 2. The highest BCUT2D eigenvalue weighted by atomic mass is 35.5. The van der Waals surface area contributed by atoms with Crippen molar-refractivity contribution in [1.29, 1.82) is 0 Å². The molecule has 25 heavy (non-hydrogen) atoms. The number of rotatable bonds is 3. The van der Waals surface area contributed by atoms with Gasteiger partial charge in [0.2, 0.25) is 0 Å². The Balaban J connectivity index is 1.73. The molecule has 0 fully saturated rings. The van der Waals surface area contributed by atoms with Crippen LogP contribution in [0.2, 0.25) is 5.02 Å². The van der Waals surface area contributed by atoms with Crippen LogP contribution in [0, 0.1) is 6.92 Å². The molecule has 2 N–H and O–H groups in total. The SMILES string of the molecule is Cc1cc(Cl)ccc1NC(=O)NC(C)(C)c1ccc2c(c1)OCCO2. The number of carbonyl (C=O) groups is 1. The van der Waals surface area contributed by atoms with Gasteiger partial charge in [0.1, 0.15) is 13.2 Å². The predicted octanol–water partition coefficient (Wildman–Crippen LogP) is 4.48. The summed E-state index contributed by atoms with van der Waals surface area (Å²) in [6, 6.07) is 10.8. The number of carbonyl (C=O) groups excluding carboxylic acids is 1. The quantitative estimate of drug-likeness (QED) is 0.848. The van der Waals surface area contributed by atoms with Crippen LogP contribution in [0.25, 0.3) is 0 Å². The van der Waals surface area contributed by atoms with Crippen LogP contribution >= 0.6 is 11.6 Å². The van der Waals surface area contributed by atoms with Crippen molar-refractivity contribution in [2.45, 2.75) is 26.3 Å². The molecule has 0 atom stereocenters. The summed E-state index contributed by atoms with van der Waals surface area (Å²) in [5.41, 5.74) is 1.97. The molecular formula is C19H21ClN2O3. The van der Waals surface area contributed by atoms with Gasteiger partial charge in [-0.05, 0) is 62.2 Å². The van der Waals surface area contributed by atoms with E-state index < -0.39 is 5.54 Å². The van der Waals surface area contributed by atoms with E-state index in [9.17, 15) is 4.79 Å². The van der Waals surface area contributed by atoms with E-state index in [0.717, 1.165) is 22.6 Å². The summed E-state index contributed by atoms with van der Waals surface area (Å²) < 4.78 is 11.2. The summed E-state index contributed by atoms with van der Waals surface area (Å²) in [5.74, 6) is 1.43. The van der Waals surface area contributed by atoms with Crippen LogP contribution in [0.4, 0.5) is 10.5 Å². The second kappa shape index (κ2) is 6.84. The number of nitrogens with one attached hydrogen (secondary N) is 2. The zero-order valence-electron chi connectivity index (χ0n) is 14.5. The van der Waals surface area contributed by atoms with E-state index >= 15 is 0 Å². The minimum atomic E-state index is -0.583. The molecule has 3 rings (SSSR count). The highest BCUT2D eigenvalue weighted by molar-refractivity contribution is 6.30. The fraction of sp³-hybridized carbons (Fsp3) is 0.316. The lowest BCUT2D eigenvalue weighted by atomic mass is 9.94. The molecule has 5 nitrogen and oxygen atoms in total. The highest BCUT2D eigenvalue weighted by Gasteiger charge is 2.25. The van der Waals surface area contributed by atoms with Gasteiger partial charge in [-0.25, -0.2) is 4.79 Å². The number of hydrogen-bond acceptors (Lipinski definition) is 3. The van der Waals surface area contributed by atoms with E-state index in [0.29, 0.717) is 24.0 Å². The topological polar surface area (TPSA) is 59.6 Å². The Morgan fingerprint density at radius 3 is 2.52 bits per heavy atom. The van der Waals surface area contributed by atoms with Crippen molar-refractivity contribution < 1.29 is 14.3 Å². The average Bonchev–Trinajstić information content (AvgIpc) is 2.56. The van der Waals surface area contributed by atoms with Gasteiger partial charge in [0.25, 0.3) is 0 Å². The molecule has 0 unspecified atom stereocenters. The molecule has 132 valence electrons. The maximum atomic E-state index is 12.4. The van der Waals surface area contributed by atoms with Crippen LogP contribution in [0.5, 0.6) is 11.5 Å². The molecule has 0 spiro atoms. The molecule has 1 aliphatic rings. The normalized spacial score (nSPS) is 13.3. The first-order valence-corrected chi connectivity index (χ1v) is 8.48. The van der Waals surface area contributed by atoms with E-state index in [2.05, 4.69) is 10.6 Å². The molecule has 0 saturated carbocycles. The molecule has 0 bridgehead atoms. The summed E-state index contributed by atoms with van der Waals surface area (Å²) in [6.45, 7) is 6.85. The lowest BCUT2D eigenvalue weighted by Crippen LogP contribution is -2.43. The molecule has 6 heteroatoms. The second-order valence-corrected chi connectivity index (χ2v) is 6.96. The van der Waals surface area contributed by atoms with Gasteiger partial charge in [0.05, 0.1) is 5.54 Å². The lowest BCUT2D eigenvalue weighted by Gasteiger charge is -2.29. The molecule has 2 aromatic carbocycles. The first-order valence-electron chi connectivity index (χ1n) is 8.10. The number of aryl methyl sites for hydroxylation is 1. The zero-order chi connectivity index (χ0) is 18.0. The van der Waals surface area contributed by atoms with Crippen LogP contribution in [0.1, 0.15) is 25.0 Å². The van der Waals surface area contributed by atoms with E-state index in [1.165, 1.54) is 0 Å². The van der Waals surface area contributed by atoms with Crippen molar-refractivity contribution in [3.8, 4) is 11.5 Å². The maximum absolute atomic E-state index is 12.4. The third kappa shape index (κ3) is 3.99. The standard InChI is InChI=1S/C19H21ClN2O3/c1-12-10-14(20)5-6-15(12)21-18(23)22-19(2,3)13-4-7-16-17(11-13)25-9-8-24-16/h4-7,10-11H,8-9H2,1-3H3,(H2,21,22,23). The first kappa shape index (κ1) is 17.4. The molecule has 2 amide bonds. The zero-order valence-corrected chi connectivity index (χ0v) is 15.2. The molecule has 0 aromatic heterocycles. The summed E-state index contributed by atoms with van der Waals surface area (Å²) >= 11 is 5.95. The number of hydrogen-bond donors (Lipinski definition) is 2. The monoisotopic (exact) mass is 360 g/mol. The molecule has 2 aromatic rings. The molecule has 1 aliphatic heterocycles. The van der Waals surface area contributed by atoms with E-state index in [4.69, 9.17) is 21.1 Å². The Morgan fingerprint density at radius 1 is 1.08 bits per heavy atom. The predicted molar refractivity (Wildman–Crippen MR) is 98.8 cm³/mol. The third-order valence-electron chi connectivity index (χ3n) is 4.13.